The molecule has 6 heteroatoms. The molecule has 0 aromatic heterocycles. The van der Waals surface area contributed by atoms with E-state index in [1.165, 1.54) is 0 Å². The third-order valence-corrected chi connectivity index (χ3v) is 5.28. The average Bonchev–Trinajstić information content (AvgIpc) is 2.42. The second-order valence-corrected chi connectivity index (χ2v) is 7.13. The predicted octanol–water partition coefficient (Wildman–Crippen LogP) is 2.89. The molecule has 0 spiro atoms. The van der Waals surface area contributed by atoms with Gasteiger partial charge in [0.1, 0.15) is 5.75 Å². The van der Waals surface area contributed by atoms with Crippen molar-refractivity contribution in [1.82, 2.24) is 0 Å². The number of Topliss-reactive ketones (excluding diaryl/α,β-unsaturated/α-hetero) is 1. The Hall–Kier alpha value is -1.30. The third-order valence-electron chi connectivity index (χ3n) is 3.64. The summed E-state index contributed by atoms with van der Waals surface area (Å²) in [6, 6.07) is 2.37. The maximum Gasteiger partial charge on any atom is 0.185 e. The van der Waals surface area contributed by atoms with E-state index in [4.69, 9.17) is 0 Å². The fourth-order valence-electron chi connectivity index (χ4n) is 2.48. The lowest BCUT2D eigenvalue weighted by Gasteiger charge is -2.20. The van der Waals surface area contributed by atoms with Crippen molar-refractivity contribution in [3.05, 3.63) is 29.8 Å². The molecule has 0 saturated heterocycles. The highest BCUT2D eigenvalue weighted by atomic mass is 32.2. The zero-order chi connectivity index (χ0) is 14.8. The van der Waals surface area contributed by atoms with Crippen LogP contribution in [0.15, 0.2) is 23.1 Å². The number of carbonyl (C=O) groups excluding carboxylic acids is 1. The normalized spacial score (nSPS) is 17.1. The first-order valence-electron chi connectivity index (χ1n) is 6.60. The van der Waals surface area contributed by atoms with Gasteiger partial charge in [0.05, 0.1) is 4.90 Å². The summed E-state index contributed by atoms with van der Waals surface area (Å²) in [5, 5.41) is 0. The first kappa shape index (κ1) is 15.1. The summed E-state index contributed by atoms with van der Waals surface area (Å²) < 4.78 is 50.0. The van der Waals surface area contributed by atoms with Gasteiger partial charge in [-0.25, -0.2) is 17.2 Å². The first-order valence-corrected chi connectivity index (χ1v) is 8.26. The smallest absolute Gasteiger partial charge is 0.185 e. The van der Waals surface area contributed by atoms with E-state index in [-0.39, 0.29) is 16.6 Å². The Morgan fingerprint density at radius 3 is 2.35 bits per heavy atom. The van der Waals surface area contributed by atoms with Gasteiger partial charge in [-0.15, -0.1) is 0 Å². The van der Waals surface area contributed by atoms with E-state index in [0.29, 0.717) is 18.9 Å². The van der Waals surface area contributed by atoms with E-state index in [2.05, 4.69) is 0 Å². The van der Waals surface area contributed by atoms with Gasteiger partial charge in [-0.3, -0.25) is 4.79 Å². The topological polar surface area (TPSA) is 51.2 Å². The molecule has 3 nitrogen and oxygen atoms in total. The number of sulfone groups is 1. The van der Waals surface area contributed by atoms with E-state index < -0.39 is 27.2 Å². The molecule has 110 valence electrons. The van der Waals surface area contributed by atoms with Crippen LogP contribution in [0.25, 0.3) is 0 Å². The van der Waals surface area contributed by atoms with Crippen molar-refractivity contribution in [2.45, 2.75) is 37.0 Å². The van der Waals surface area contributed by atoms with Crippen molar-refractivity contribution in [2.75, 3.05) is 5.75 Å². The van der Waals surface area contributed by atoms with Crippen LogP contribution in [-0.4, -0.2) is 20.0 Å². The standard InChI is InChI=1S/C14H16F2O3S/c15-12-7-6-11(8-13(12)16)20(18,19)9-14(17)10-4-2-1-3-5-10/h6-8,10H,1-5,9H2. The van der Waals surface area contributed by atoms with Gasteiger partial charge in [0.2, 0.25) is 0 Å². The molecule has 1 saturated carbocycles. The minimum Gasteiger partial charge on any atom is -0.298 e. The third kappa shape index (κ3) is 3.42. The summed E-state index contributed by atoms with van der Waals surface area (Å²) in [5.74, 6) is -3.51. The van der Waals surface area contributed by atoms with Crippen LogP contribution in [0.5, 0.6) is 0 Å². The largest absolute Gasteiger partial charge is 0.298 e. The van der Waals surface area contributed by atoms with Crippen molar-refractivity contribution < 1.29 is 22.0 Å². The summed E-state index contributed by atoms with van der Waals surface area (Å²) in [7, 11) is -3.90. The first-order chi connectivity index (χ1) is 9.40. The lowest BCUT2D eigenvalue weighted by atomic mass is 9.87. The molecule has 0 heterocycles. The van der Waals surface area contributed by atoms with E-state index in [0.717, 1.165) is 31.4 Å². The minimum absolute atomic E-state index is 0.219. The summed E-state index contributed by atoms with van der Waals surface area (Å²) in [4.78, 5) is 11.6. The van der Waals surface area contributed by atoms with E-state index in [1.54, 1.807) is 0 Å². The number of hydrogen-bond acceptors (Lipinski definition) is 3. The van der Waals surface area contributed by atoms with Gasteiger partial charge in [0.25, 0.3) is 0 Å². The monoisotopic (exact) mass is 302 g/mol. The van der Waals surface area contributed by atoms with Crippen LogP contribution in [0.4, 0.5) is 8.78 Å². The molecular formula is C14H16F2O3S. The summed E-state index contributed by atoms with van der Waals surface area (Å²) in [5.41, 5.74) is 0. The van der Waals surface area contributed by atoms with Crippen LogP contribution >= 0.6 is 0 Å². The van der Waals surface area contributed by atoms with Gasteiger partial charge in [-0.2, -0.15) is 0 Å². The van der Waals surface area contributed by atoms with E-state index >= 15 is 0 Å². The Bertz CT molecular complexity index is 605. The second kappa shape index (κ2) is 5.99. The van der Waals surface area contributed by atoms with Crippen LogP contribution in [0.2, 0.25) is 0 Å². The van der Waals surface area contributed by atoms with Crippen molar-refractivity contribution in [3.63, 3.8) is 0 Å². The van der Waals surface area contributed by atoms with Crippen molar-refractivity contribution in [3.8, 4) is 0 Å². The van der Waals surface area contributed by atoms with E-state index in [9.17, 15) is 22.0 Å². The van der Waals surface area contributed by atoms with Crippen LogP contribution in [0.1, 0.15) is 32.1 Å². The number of halogens is 2. The average molecular weight is 302 g/mol. The van der Waals surface area contributed by atoms with Gasteiger partial charge < -0.3 is 0 Å². The Morgan fingerprint density at radius 2 is 1.75 bits per heavy atom. The highest BCUT2D eigenvalue weighted by Crippen LogP contribution is 2.26. The lowest BCUT2D eigenvalue weighted by molar-refractivity contribution is -0.121. The van der Waals surface area contributed by atoms with Crippen LogP contribution < -0.4 is 0 Å². The van der Waals surface area contributed by atoms with Crippen LogP contribution in [-0.2, 0) is 14.6 Å². The highest BCUT2D eigenvalue weighted by Gasteiger charge is 2.27. The second-order valence-electron chi connectivity index (χ2n) is 5.14. The minimum atomic E-state index is -3.90. The quantitative estimate of drug-likeness (QED) is 0.804. The molecule has 0 N–H and O–H groups in total. The van der Waals surface area contributed by atoms with Gasteiger partial charge in [-0.1, -0.05) is 19.3 Å². The molecule has 1 aromatic carbocycles. The van der Waals surface area contributed by atoms with Gasteiger partial charge in [0.15, 0.2) is 27.3 Å². The lowest BCUT2D eigenvalue weighted by Crippen LogP contribution is -2.25. The molecule has 0 atom stereocenters. The zero-order valence-electron chi connectivity index (χ0n) is 10.9. The number of hydrogen-bond donors (Lipinski definition) is 0. The molecule has 0 unspecified atom stereocenters. The van der Waals surface area contributed by atoms with Gasteiger partial charge in [-0.05, 0) is 31.0 Å². The molecular weight excluding hydrogens is 286 g/mol. The SMILES string of the molecule is O=C(CS(=O)(=O)c1ccc(F)c(F)c1)C1CCCCC1. The summed E-state index contributed by atoms with van der Waals surface area (Å²) in [6.45, 7) is 0. The van der Waals surface area contributed by atoms with Crippen LogP contribution in [0.3, 0.4) is 0 Å². The fourth-order valence-corrected chi connectivity index (χ4v) is 3.82. The van der Waals surface area contributed by atoms with Gasteiger partial charge >= 0.3 is 0 Å². The Kier molecular flexibility index (Phi) is 4.52. The molecule has 0 radical (unpaired) electrons. The Labute approximate surface area is 116 Å². The molecule has 1 aliphatic carbocycles. The predicted molar refractivity (Wildman–Crippen MR) is 70.0 cm³/mol. The molecule has 0 aliphatic heterocycles. The van der Waals surface area contributed by atoms with Crippen LogP contribution in [0, 0.1) is 17.6 Å². The fraction of sp³-hybridized carbons (Fsp3) is 0.500. The molecule has 1 aromatic rings. The van der Waals surface area contributed by atoms with Crippen molar-refractivity contribution in [2.24, 2.45) is 5.92 Å². The molecule has 1 aliphatic rings. The van der Waals surface area contributed by atoms with E-state index in [1.807, 2.05) is 0 Å². The summed E-state index contributed by atoms with van der Waals surface area (Å²) in [6.07, 6.45) is 4.36. The maximum atomic E-state index is 13.1. The molecule has 20 heavy (non-hydrogen) atoms. The Morgan fingerprint density at radius 1 is 1.10 bits per heavy atom. The van der Waals surface area contributed by atoms with Gasteiger partial charge in [0, 0.05) is 5.92 Å². The number of carbonyl (C=O) groups is 1. The van der Waals surface area contributed by atoms with Crippen molar-refractivity contribution in [1.29, 1.82) is 0 Å². The molecule has 0 bridgehead atoms. The zero-order valence-corrected chi connectivity index (χ0v) is 11.8. The molecule has 1 fully saturated rings. The number of ketones is 1. The number of rotatable bonds is 4. The van der Waals surface area contributed by atoms with Crippen molar-refractivity contribution >= 4 is 15.6 Å². The maximum absolute atomic E-state index is 13.1. The Balaban J connectivity index is 2.13. The summed E-state index contributed by atoms with van der Waals surface area (Å²) >= 11 is 0. The molecule has 2 rings (SSSR count). The highest BCUT2D eigenvalue weighted by molar-refractivity contribution is 7.92. The number of benzene rings is 1. The molecule has 0 amide bonds.